The van der Waals surface area contributed by atoms with Crippen LogP contribution in [0.25, 0.3) is 0 Å². The molecule has 1 atom stereocenters. The minimum absolute atomic E-state index is 0.0561. The highest BCUT2D eigenvalue weighted by atomic mass is 32.2. The lowest BCUT2D eigenvalue weighted by Crippen LogP contribution is -2.48. The fourth-order valence-corrected chi connectivity index (χ4v) is 3.78. The molecule has 6 heteroatoms. The molecule has 5 nitrogen and oxygen atoms in total. The second kappa shape index (κ2) is 5.35. The summed E-state index contributed by atoms with van der Waals surface area (Å²) in [5, 5.41) is 10.4. The summed E-state index contributed by atoms with van der Waals surface area (Å²) in [5.41, 5.74) is -1.23. The first-order valence-electron chi connectivity index (χ1n) is 5.94. The molecule has 0 amide bonds. The van der Waals surface area contributed by atoms with Crippen LogP contribution in [0.5, 0.6) is 0 Å². The summed E-state index contributed by atoms with van der Waals surface area (Å²) < 4.78 is 27.6. The van der Waals surface area contributed by atoms with Crippen LogP contribution < -0.4 is 0 Å². The molecule has 0 bridgehead atoms. The first-order chi connectivity index (χ1) is 7.84. The van der Waals surface area contributed by atoms with Crippen molar-refractivity contribution in [3.8, 4) is 0 Å². The number of rotatable bonds is 4. The lowest BCUT2D eigenvalue weighted by Gasteiger charge is -2.37. The van der Waals surface area contributed by atoms with E-state index in [0.717, 1.165) is 0 Å². The van der Waals surface area contributed by atoms with Gasteiger partial charge in [-0.2, -0.15) is 0 Å². The molecule has 17 heavy (non-hydrogen) atoms. The zero-order chi connectivity index (χ0) is 13.1. The van der Waals surface area contributed by atoms with Gasteiger partial charge in [-0.1, -0.05) is 6.92 Å². The molecule has 0 aromatic heterocycles. The molecule has 1 N–H and O–H groups in total. The number of hydrogen-bond donors (Lipinski definition) is 1. The number of esters is 1. The molecule has 1 aliphatic heterocycles. The summed E-state index contributed by atoms with van der Waals surface area (Å²) in [7, 11) is -3.05. The maximum atomic E-state index is 11.7. The van der Waals surface area contributed by atoms with Gasteiger partial charge < -0.3 is 9.84 Å². The van der Waals surface area contributed by atoms with Crippen molar-refractivity contribution in [2.24, 2.45) is 5.92 Å². The highest BCUT2D eigenvalue weighted by molar-refractivity contribution is 7.91. The van der Waals surface area contributed by atoms with E-state index in [9.17, 15) is 18.3 Å². The SMILES string of the molecule is CCOC(=O)C(CC)C1(O)CCS(=O)(=O)CC1. The highest BCUT2D eigenvalue weighted by Crippen LogP contribution is 2.33. The molecule has 1 aliphatic rings. The van der Waals surface area contributed by atoms with Crippen molar-refractivity contribution in [3.05, 3.63) is 0 Å². The van der Waals surface area contributed by atoms with Gasteiger partial charge >= 0.3 is 5.97 Å². The Morgan fingerprint density at radius 1 is 1.35 bits per heavy atom. The number of aliphatic hydroxyl groups is 1. The fraction of sp³-hybridized carbons (Fsp3) is 0.909. The van der Waals surface area contributed by atoms with Crippen molar-refractivity contribution < 1.29 is 23.1 Å². The Morgan fingerprint density at radius 2 is 1.88 bits per heavy atom. The van der Waals surface area contributed by atoms with Gasteiger partial charge in [0.25, 0.3) is 0 Å². The molecule has 1 saturated heterocycles. The predicted molar refractivity (Wildman–Crippen MR) is 63.3 cm³/mol. The fourth-order valence-electron chi connectivity index (χ4n) is 2.25. The van der Waals surface area contributed by atoms with Crippen LogP contribution in [0.2, 0.25) is 0 Å². The Balaban J connectivity index is 2.78. The normalized spacial score (nSPS) is 23.9. The minimum atomic E-state index is -3.05. The summed E-state index contributed by atoms with van der Waals surface area (Å²) in [6.45, 7) is 3.77. The van der Waals surface area contributed by atoms with Gasteiger partial charge in [0.05, 0.1) is 29.6 Å². The van der Waals surface area contributed by atoms with E-state index in [2.05, 4.69) is 0 Å². The molecule has 1 fully saturated rings. The van der Waals surface area contributed by atoms with E-state index in [1.54, 1.807) is 13.8 Å². The van der Waals surface area contributed by atoms with Crippen molar-refractivity contribution in [1.29, 1.82) is 0 Å². The number of ether oxygens (including phenoxy) is 1. The molecule has 0 aromatic carbocycles. The van der Waals surface area contributed by atoms with E-state index < -0.39 is 27.3 Å². The van der Waals surface area contributed by atoms with E-state index in [1.165, 1.54) is 0 Å². The van der Waals surface area contributed by atoms with Crippen LogP contribution in [-0.2, 0) is 19.4 Å². The summed E-state index contributed by atoms with van der Waals surface area (Å²) in [4.78, 5) is 11.7. The quantitative estimate of drug-likeness (QED) is 0.748. The standard InChI is InChI=1S/C11H20O5S/c1-3-9(10(12)16-4-2)11(13)5-7-17(14,15)8-6-11/h9,13H,3-8H2,1-2H3. The van der Waals surface area contributed by atoms with Crippen molar-refractivity contribution in [2.45, 2.75) is 38.7 Å². The maximum absolute atomic E-state index is 11.7. The van der Waals surface area contributed by atoms with Crippen LogP contribution >= 0.6 is 0 Å². The largest absolute Gasteiger partial charge is 0.466 e. The van der Waals surface area contributed by atoms with Crippen LogP contribution in [0.3, 0.4) is 0 Å². The van der Waals surface area contributed by atoms with E-state index in [4.69, 9.17) is 4.74 Å². The summed E-state index contributed by atoms with van der Waals surface area (Å²) in [5.74, 6) is -1.17. The zero-order valence-electron chi connectivity index (χ0n) is 10.3. The Morgan fingerprint density at radius 3 is 2.29 bits per heavy atom. The maximum Gasteiger partial charge on any atom is 0.311 e. The monoisotopic (exact) mass is 264 g/mol. The highest BCUT2D eigenvalue weighted by Gasteiger charge is 2.44. The predicted octanol–water partition coefficient (Wildman–Crippen LogP) is 0.515. The Bertz CT molecular complexity index is 359. The van der Waals surface area contributed by atoms with Crippen molar-refractivity contribution in [1.82, 2.24) is 0 Å². The van der Waals surface area contributed by atoms with Crippen LogP contribution in [0.1, 0.15) is 33.1 Å². The second-order valence-corrected chi connectivity index (χ2v) is 6.77. The minimum Gasteiger partial charge on any atom is -0.466 e. The van der Waals surface area contributed by atoms with Crippen molar-refractivity contribution in [3.63, 3.8) is 0 Å². The molecule has 0 spiro atoms. The first-order valence-corrected chi connectivity index (χ1v) is 7.76. The number of hydrogen-bond acceptors (Lipinski definition) is 5. The van der Waals surface area contributed by atoms with E-state index in [-0.39, 0.29) is 31.0 Å². The lowest BCUT2D eigenvalue weighted by molar-refractivity contribution is -0.159. The molecule has 1 rings (SSSR count). The van der Waals surface area contributed by atoms with Gasteiger partial charge in [-0.05, 0) is 26.2 Å². The first kappa shape index (κ1) is 14.4. The van der Waals surface area contributed by atoms with Crippen LogP contribution in [0.15, 0.2) is 0 Å². The summed E-state index contributed by atoms with van der Waals surface area (Å²) in [6, 6.07) is 0. The van der Waals surface area contributed by atoms with Crippen molar-refractivity contribution in [2.75, 3.05) is 18.1 Å². The van der Waals surface area contributed by atoms with E-state index >= 15 is 0 Å². The van der Waals surface area contributed by atoms with Crippen molar-refractivity contribution >= 4 is 15.8 Å². The average molecular weight is 264 g/mol. The van der Waals surface area contributed by atoms with Gasteiger partial charge in [-0.3, -0.25) is 4.79 Å². The van der Waals surface area contributed by atoms with Gasteiger partial charge in [-0.15, -0.1) is 0 Å². The molecule has 1 unspecified atom stereocenters. The average Bonchev–Trinajstić information content (AvgIpc) is 2.25. The topological polar surface area (TPSA) is 80.7 Å². The van der Waals surface area contributed by atoms with Crippen LogP contribution in [0, 0.1) is 5.92 Å². The third-order valence-electron chi connectivity index (χ3n) is 3.32. The molecule has 0 saturated carbocycles. The molecular formula is C11H20O5S. The Labute approximate surface area is 102 Å². The van der Waals surface area contributed by atoms with E-state index in [1.807, 2.05) is 0 Å². The van der Waals surface area contributed by atoms with Gasteiger partial charge in [0.15, 0.2) is 9.84 Å². The van der Waals surface area contributed by atoms with Crippen LogP contribution in [0.4, 0.5) is 0 Å². The number of carbonyl (C=O) groups excluding carboxylic acids is 1. The van der Waals surface area contributed by atoms with Gasteiger partial charge in [0.1, 0.15) is 0 Å². The van der Waals surface area contributed by atoms with Crippen LogP contribution in [-0.4, -0.2) is 43.2 Å². The molecule has 0 radical (unpaired) electrons. The molecule has 0 aliphatic carbocycles. The Hall–Kier alpha value is -0.620. The molecular weight excluding hydrogens is 244 g/mol. The number of sulfone groups is 1. The zero-order valence-corrected chi connectivity index (χ0v) is 11.1. The van der Waals surface area contributed by atoms with E-state index in [0.29, 0.717) is 6.42 Å². The van der Waals surface area contributed by atoms with Gasteiger partial charge in [0.2, 0.25) is 0 Å². The number of carbonyl (C=O) groups is 1. The summed E-state index contributed by atoms with van der Waals surface area (Å²) >= 11 is 0. The second-order valence-electron chi connectivity index (χ2n) is 4.47. The molecule has 100 valence electrons. The lowest BCUT2D eigenvalue weighted by atomic mass is 9.81. The Kier molecular flexibility index (Phi) is 4.55. The third-order valence-corrected chi connectivity index (χ3v) is 4.97. The smallest absolute Gasteiger partial charge is 0.311 e. The summed E-state index contributed by atoms with van der Waals surface area (Å²) in [6.07, 6.45) is 0.689. The molecule has 1 heterocycles. The molecule has 0 aromatic rings. The third kappa shape index (κ3) is 3.42. The van der Waals surface area contributed by atoms with Gasteiger partial charge in [0, 0.05) is 0 Å². The van der Waals surface area contributed by atoms with Gasteiger partial charge in [-0.25, -0.2) is 8.42 Å².